The molecule has 4 rings (SSSR count). The number of methoxy groups -OCH3 is 1. The second kappa shape index (κ2) is 8.66. The highest BCUT2D eigenvalue weighted by atomic mass is 32.2. The predicted octanol–water partition coefficient (Wildman–Crippen LogP) is 1.27. The van der Waals surface area contributed by atoms with E-state index in [2.05, 4.69) is 0 Å². The number of benzene rings is 1. The Balaban J connectivity index is 1.52. The predicted molar refractivity (Wildman–Crippen MR) is 109 cm³/mol. The van der Waals surface area contributed by atoms with Crippen molar-refractivity contribution in [1.29, 1.82) is 0 Å². The number of ether oxygens (including phenoxy) is 2. The summed E-state index contributed by atoms with van der Waals surface area (Å²) in [6.45, 7) is 3.61. The van der Waals surface area contributed by atoms with Crippen LogP contribution >= 0.6 is 0 Å². The fourth-order valence-electron chi connectivity index (χ4n) is 3.72. The van der Waals surface area contributed by atoms with Gasteiger partial charge in [0.05, 0.1) is 37.2 Å². The molecule has 0 N–H and O–H groups in total. The lowest BCUT2D eigenvalue weighted by Gasteiger charge is -2.36. The van der Waals surface area contributed by atoms with Crippen LogP contribution in [0.1, 0.15) is 10.6 Å². The zero-order valence-corrected chi connectivity index (χ0v) is 17.6. The maximum atomic E-state index is 13.0. The average Bonchev–Trinajstić information content (AvgIpc) is 3.34. The number of carbonyl (C=O) groups is 1. The lowest BCUT2D eigenvalue weighted by atomic mass is 10.2. The molecule has 0 bridgehead atoms. The van der Waals surface area contributed by atoms with Crippen molar-refractivity contribution in [2.24, 2.45) is 0 Å². The topological polar surface area (TPSA) is 92.5 Å². The number of hydrogen-bond acceptors (Lipinski definition) is 7. The number of nitrogens with zero attached hydrogens (tertiary/aromatic N) is 3. The second-order valence-corrected chi connectivity index (χ2v) is 9.04. The number of piperazine rings is 1. The van der Waals surface area contributed by atoms with Gasteiger partial charge in [0, 0.05) is 39.3 Å². The van der Waals surface area contributed by atoms with Gasteiger partial charge >= 0.3 is 0 Å². The number of hydrogen-bond donors (Lipinski definition) is 0. The van der Waals surface area contributed by atoms with E-state index in [4.69, 9.17) is 13.9 Å². The molecule has 162 valence electrons. The van der Waals surface area contributed by atoms with Crippen molar-refractivity contribution < 1.29 is 27.1 Å². The van der Waals surface area contributed by atoms with E-state index in [-0.39, 0.29) is 10.8 Å². The zero-order valence-electron chi connectivity index (χ0n) is 16.8. The van der Waals surface area contributed by atoms with Crippen LogP contribution in [0.2, 0.25) is 0 Å². The maximum Gasteiger partial charge on any atom is 0.289 e. The molecular weight excluding hydrogens is 410 g/mol. The highest BCUT2D eigenvalue weighted by molar-refractivity contribution is 7.89. The van der Waals surface area contributed by atoms with Gasteiger partial charge in [-0.3, -0.25) is 4.79 Å². The third kappa shape index (κ3) is 4.03. The Morgan fingerprint density at radius 3 is 2.40 bits per heavy atom. The fraction of sp³-hybridized carbons (Fsp3) is 0.450. The number of sulfonamides is 1. The van der Waals surface area contributed by atoms with Crippen molar-refractivity contribution in [3.63, 3.8) is 0 Å². The molecule has 2 saturated heterocycles. The van der Waals surface area contributed by atoms with E-state index < -0.39 is 10.0 Å². The van der Waals surface area contributed by atoms with Crippen LogP contribution in [0.4, 0.5) is 5.69 Å². The molecule has 0 spiro atoms. The van der Waals surface area contributed by atoms with Gasteiger partial charge in [-0.2, -0.15) is 4.31 Å². The van der Waals surface area contributed by atoms with E-state index in [0.717, 1.165) is 0 Å². The molecule has 2 aromatic rings. The van der Waals surface area contributed by atoms with Crippen LogP contribution in [0.15, 0.2) is 45.9 Å². The molecule has 0 unspecified atom stereocenters. The minimum atomic E-state index is -3.61. The van der Waals surface area contributed by atoms with Crippen molar-refractivity contribution >= 4 is 21.6 Å². The first-order valence-corrected chi connectivity index (χ1v) is 11.3. The molecule has 0 aliphatic carbocycles. The van der Waals surface area contributed by atoms with Crippen molar-refractivity contribution in [1.82, 2.24) is 9.21 Å². The first kappa shape index (κ1) is 20.7. The Labute approximate surface area is 175 Å². The van der Waals surface area contributed by atoms with Crippen molar-refractivity contribution in [3.05, 3.63) is 42.4 Å². The molecule has 0 atom stereocenters. The second-order valence-electron chi connectivity index (χ2n) is 7.11. The van der Waals surface area contributed by atoms with E-state index in [1.165, 1.54) is 10.6 Å². The summed E-state index contributed by atoms with van der Waals surface area (Å²) in [5, 5.41) is 0. The fourth-order valence-corrected chi connectivity index (χ4v) is 5.15. The number of carbonyl (C=O) groups excluding carboxylic acids is 1. The van der Waals surface area contributed by atoms with E-state index >= 15 is 0 Å². The van der Waals surface area contributed by atoms with Gasteiger partial charge in [-0.05, 0) is 30.3 Å². The molecule has 2 aliphatic rings. The van der Waals surface area contributed by atoms with Crippen LogP contribution in [-0.4, -0.2) is 83.1 Å². The van der Waals surface area contributed by atoms with Gasteiger partial charge < -0.3 is 23.7 Å². The summed E-state index contributed by atoms with van der Waals surface area (Å²) in [5.41, 5.74) is 0.705. The molecule has 1 amide bonds. The molecular formula is C20H25N3O6S. The highest BCUT2D eigenvalue weighted by Gasteiger charge is 2.29. The number of anilines is 1. The van der Waals surface area contributed by atoms with E-state index in [9.17, 15) is 13.2 Å². The van der Waals surface area contributed by atoms with Crippen molar-refractivity contribution in [2.45, 2.75) is 4.90 Å². The van der Waals surface area contributed by atoms with Gasteiger partial charge in [0.15, 0.2) is 5.76 Å². The maximum absolute atomic E-state index is 13.0. The molecule has 10 heteroatoms. The molecule has 2 aliphatic heterocycles. The molecule has 1 aromatic heterocycles. The molecule has 3 heterocycles. The van der Waals surface area contributed by atoms with E-state index in [1.54, 1.807) is 42.3 Å². The van der Waals surface area contributed by atoms with Gasteiger partial charge in [-0.25, -0.2) is 8.42 Å². The summed E-state index contributed by atoms with van der Waals surface area (Å²) in [6.07, 6.45) is 1.48. The Hall–Kier alpha value is -2.56. The normalized spacial score (nSPS) is 18.4. The van der Waals surface area contributed by atoms with Gasteiger partial charge in [0.2, 0.25) is 10.0 Å². The minimum absolute atomic E-state index is 0.143. The Bertz CT molecular complexity index is 978. The SMILES string of the molecule is COc1ccc(S(=O)(=O)N2CCOCC2)cc1N1CCN(C(=O)c2ccco2)CC1. The Kier molecular flexibility index (Phi) is 5.98. The third-order valence-corrected chi connectivity index (χ3v) is 7.29. The molecule has 9 nitrogen and oxygen atoms in total. The van der Waals surface area contributed by atoms with Crippen LogP contribution in [-0.2, 0) is 14.8 Å². The number of rotatable bonds is 5. The van der Waals surface area contributed by atoms with Gasteiger partial charge in [-0.1, -0.05) is 0 Å². The summed E-state index contributed by atoms with van der Waals surface area (Å²) >= 11 is 0. The van der Waals surface area contributed by atoms with Crippen molar-refractivity contribution in [3.8, 4) is 5.75 Å². The lowest BCUT2D eigenvalue weighted by molar-refractivity contribution is 0.0714. The lowest BCUT2D eigenvalue weighted by Crippen LogP contribution is -2.48. The number of amides is 1. The number of morpholine rings is 1. The summed E-state index contributed by atoms with van der Waals surface area (Å²) in [6, 6.07) is 8.26. The first-order valence-electron chi connectivity index (χ1n) is 9.84. The van der Waals surface area contributed by atoms with Crippen LogP contribution in [0, 0.1) is 0 Å². The molecule has 0 saturated carbocycles. The quantitative estimate of drug-likeness (QED) is 0.698. The monoisotopic (exact) mass is 435 g/mol. The summed E-state index contributed by atoms with van der Waals surface area (Å²) in [7, 11) is -2.05. The van der Waals surface area contributed by atoms with Crippen LogP contribution < -0.4 is 9.64 Å². The Morgan fingerprint density at radius 2 is 1.77 bits per heavy atom. The van der Waals surface area contributed by atoms with Gasteiger partial charge in [0.25, 0.3) is 5.91 Å². The van der Waals surface area contributed by atoms with Gasteiger partial charge in [0.1, 0.15) is 5.75 Å². The molecule has 2 fully saturated rings. The molecule has 0 radical (unpaired) electrons. The van der Waals surface area contributed by atoms with Crippen LogP contribution in [0.3, 0.4) is 0 Å². The largest absolute Gasteiger partial charge is 0.495 e. The van der Waals surface area contributed by atoms with Crippen LogP contribution in [0.25, 0.3) is 0 Å². The summed E-state index contributed by atoms with van der Waals surface area (Å²) < 4.78 is 43.5. The van der Waals surface area contributed by atoms with Crippen molar-refractivity contribution in [2.75, 3.05) is 64.5 Å². The van der Waals surface area contributed by atoms with E-state index in [0.29, 0.717) is 69.7 Å². The summed E-state index contributed by atoms with van der Waals surface area (Å²) in [4.78, 5) is 16.5. The smallest absolute Gasteiger partial charge is 0.289 e. The minimum Gasteiger partial charge on any atom is -0.495 e. The standard InChI is InChI=1S/C20H25N3O6S/c1-27-18-5-4-16(30(25,26)23-10-13-28-14-11-23)15-17(18)21-6-8-22(9-7-21)20(24)19-3-2-12-29-19/h2-5,12,15H,6-11,13-14H2,1H3. The average molecular weight is 436 g/mol. The Morgan fingerprint density at radius 1 is 1.03 bits per heavy atom. The molecule has 30 heavy (non-hydrogen) atoms. The number of furan rings is 1. The first-order chi connectivity index (χ1) is 14.5. The molecule has 1 aromatic carbocycles. The summed E-state index contributed by atoms with van der Waals surface area (Å²) in [5.74, 6) is 0.775. The van der Waals surface area contributed by atoms with E-state index in [1.807, 2.05) is 4.90 Å². The third-order valence-electron chi connectivity index (χ3n) is 5.40. The zero-order chi connectivity index (χ0) is 21.1. The van der Waals surface area contributed by atoms with Crippen LogP contribution in [0.5, 0.6) is 5.75 Å². The van der Waals surface area contributed by atoms with Gasteiger partial charge in [-0.15, -0.1) is 0 Å². The highest BCUT2D eigenvalue weighted by Crippen LogP contribution is 2.33.